The summed E-state index contributed by atoms with van der Waals surface area (Å²) in [5, 5.41) is 10.8. The Labute approximate surface area is 262 Å². The van der Waals surface area contributed by atoms with Gasteiger partial charge in [-0.05, 0) is 49.3 Å². The summed E-state index contributed by atoms with van der Waals surface area (Å²) < 4.78 is 66.3. The first-order chi connectivity index (χ1) is 20.8. The molecule has 240 valence electrons. The average molecular weight is 673 g/mol. The Morgan fingerprint density at radius 2 is 1.95 bits per heavy atom. The van der Waals surface area contributed by atoms with Gasteiger partial charge in [-0.25, -0.2) is 18.2 Å². The van der Waals surface area contributed by atoms with Gasteiger partial charge in [0, 0.05) is 42.2 Å². The molecule has 44 heavy (non-hydrogen) atoms. The number of aromatic amines is 1. The molecule has 0 atom stereocenters. The van der Waals surface area contributed by atoms with E-state index in [1.54, 1.807) is 28.8 Å². The molecule has 4 aromatic rings. The second-order valence-corrected chi connectivity index (χ2v) is 14.8. The molecule has 0 amide bonds. The SMILES string of the molecule is CCOCCN(c1cccc2cc(-c3ncc(CN(CC(C)C)C4CC4)s3)[nH]c12)S(=O)(=O)c1cccs1.O=C(O)C(F)(F)F. The number of carboxylic acids is 1. The number of halogens is 3. The fraction of sp³-hybridized carbons (Fsp3) is 0.448. The van der Waals surface area contributed by atoms with Crippen LogP contribution < -0.4 is 4.31 Å². The largest absolute Gasteiger partial charge is 0.490 e. The van der Waals surface area contributed by atoms with Gasteiger partial charge >= 0.3 is 12.1 Å². The predicted molar refractivity (Wildman–Crippen MR) is 167 cm³/mol. The second kappa shape index (κ2) is 14.4. The summed E-state index contributed by atoms with van der Waals surface area (Å²) >= 11 is 2.93. The quantitative estimate of drug-likeness (QED) is 0.150. The highest BCUT2D eigenvalue weighted by Crippen LogP contribution is 2.36. The van der Waals surface area contributed by atoms with E-state index in [9.17, 15) is 21.6 Å². The van der Waals surface area contributed by atoms with Crippen LogP contribution in [0.2, 0.25) is 0 Å². The van der Waals surface area contributed by atoms with Crippen molar-refractivity contribution in [2.24, 2.45) is 5.92 Å². The van der Waals surface area contributed by atoms with E-state index >= 15 is 0 Å². The summed E-state index contributed by atoms with van der Waals surface area (Å²) in [6.45, 7) is 9.55. The molecule has 0 saturated heterocycles. The van der Waals surface area contributed by atoms with Crippen molar-refractivity contribution in [3.8, 4) is 10.7 Å². The predicted octanol–water partition coefficient (Wildman–Crippen LogP) is 6.84. The summed E-state index contributed by atoms with van der Waals surface area (Å²) in [4.78, 5) is 20.9. The number of H-pyrrole nitrogens is 1. The number of nitrogens with one attached hydrogen (secondary N) is 1. The normalized spacial score (nSPS) is 13.8. The molecule has 3 aromatic heterocycles. The Morgan fingerprint density at radius 3 is 2.55 bits per heavy atom. The number of aliphatic carboxylic acids is 1. The molecule has 2 N–H and O–H groups in total. The molecular formula is C29H35F3N4O5S3. The van der Waals surface area contributed by atoms with E-state index in [1.165, 1.54) is 33.4 Å². The molecule has 1 saturated carbocycles. The molecule has 15 heteroatoms. The monoisotopic (exact) mass is 672 g/mol. The zero-order valence-electron chi connectivity index (χ0n) is 24.5. The van der Waals surface area contributed by atoms with Gasteiger partial charge in [0.1, 0.15) is 9.22 Å². The number of thiazole rings is 1. The summed E-state index contributed by atoms with van der Waals surface area (Å²) in [6, 6.07) is 11.9. The number of anilines is 1. The zero-order valence-corrected chi connectivity index (χ0v) is 27.0. The van der Waals surface area contributed by atoms with E-state index in [4.69, 9.17) is 19.6 Å². The third-order valence-corrected chi connectivity index (χ3v) is 10.8. The maximum atomic E-state index is 13.6. The molecule has 0 radical (unpaired) electrons. The first kappa shape index (κ1) is 33.9. The van der Waals surface area contributed by atoms with E-state index in [2.05, 4.69) is 29.8 Å². The van der Waals surface area contributed by atoms with Crippen molar-refractivity contribution >= 4 is 55.3 Å². The number of hydrogen-bond donors (Lipinski definition) is 2. The molecule has 1 aliphatic carbocycles. The van der Waals surface area contributed by atoms with Gasteiger partial charge < -0.3 is 14.8 Å². The minimum Gasteiger partial charge on any atom is -0.475 e. The Bertz CT molecular complexity index is 1630. The molecule has 0 unspecified atom stereocenters. The van der Waals surface area contributed by atoms with Gasteiger partial charge in [-0.1, -0.05) is 32.0 Å². The van der Waals surface area contributed by atoms with Crippen LogP contribution in [0.4, 0.5) is 18.9 Å². The van der Waals surface area contributed by atoms with Gasteiger partial charge in [0.05, 0.1) is 30.0 Å². The van der Waals surface area contributed by atoms with Crippen LogP contribution in [-0.2, 0) is 26.1 Å². The lowest BCUT2D eigenvalue weighted by Gasteiger charge is -2.24. The highest BCUT2D eigenvalue weighted by Gasteiger charge is 2.38. The van der Waals surface area contributed by atoms with E-state index < -0.39 is 22.2 Å². The molecule has 1 aromatic carbocycles. The number of carboxylic acid groups (broad SMARTS) is 1. The molecule has 0 aliphatic heterocycles. The summed E-state index contributed by atoms with van der Waals surface area (Å²) in [6.07, 6.45) is -0.521. The number of carbonyl (C=O) groups is 1. The molecule has 3 heterocycles. The number of hydrogen-bond acceptors (Lipinski definition) is 8. The number of para-hydroxylation sites is 1. The Morgan fingerprint density at radius 1 is 1.23 bits per heavy atom. The molecule has 1 aliphatic rings. The topological polar surface area (TPSA) is 116 Å². The maximum absolute atomic E-state index is 13.6. The fourth-order valence-corrected chi connectivity index (χ4v) is 8.08. The number of alkyl halides is 3. The van der Waals surface area contributed by atoms with Crippen molar-refractivity contribution in [3.63, 3.8) is 0 Å². The molecule has 9 nitrogen and oxygen atoms in total. The number of benzene rings is 1. The zero-order chi connectivity index (χ0) is 32.1. The van der Waals surface area contributed by atoms with Gasteiger partial charge in [0.15, 0.2) is 0 Å². The summed E-state index contributed by atoms with van der Waals surface area (Å²) in [5.74, 6) is -2.12. The van der Waals surface area contributed by atoms with Crippen LogP contribution >= 0.6 is 22.7 Å². The lowest BCUT2D eigenvalue weighted by Crippen LogP contribution is -2.34. The highest BCUT2D eigenvalue weighted by molar-refractivity contribution is 7.94. The van der Waals surface area contributed by atoms with Crippen LogP contribution in [0.3, 0.4) is 0 Å². The number of nitrogens with zero attached hydrogens (tertiary/aromatic N) is 3. The van der Waals surface area contributed by atoms with Gasteiger partial charge in [-0.2, -0.15) is 13.2 Å². The van der Waals surface area contributed by atoms with Crippen LogP contribution in [0.1, 0.15) is 38.5 Å². The number of fused-ring (bicyclic) bond motifs is 1. The van der Waals surface area contributed by atoms with Crippen molar-refractivity contribution < 1.29 is 36.2 Å². The van der Waals surface area contributed by atoms with Crippen molar-refractivity contribution in [3.05, 3.63) is 52.9 Å². The lowest BCUT2D eigenvalue weighted by atomic mass is 10.2. The van der Waals surface area contributed by atoms with Gasteiger partial charge in [0.25, 0.3) is 10.0 Å². The average Bonchev–Trinajstić information content (AvgIpc) is 3.31. The fourth-order valence-electron chi connectivity index (χ4n) is 4.60. The molecule has 1 fully saturated rings. The summed E-state index contributed by atoms with van der Waals surface area (Å²) in [5.41, 5.74) is 2.30. The third-order valence-electron chi connectivity index (χ3n) is 6.63. The first-order valence-corrected chi connectivity index (χ1v) is 17.2. The minimum absolute atomic E-state index is 0.232. The van der Waals surface area contributed by atoms with Gasteiger partial charge in [0.2, 0.25) is 0 Å². The number of thiophene rings is 1. The Balaban J connectivity index is 0.000000566. The van der Waals surface area contributed by atoms with Crippen LogP contribution in [0, 0.1) is 5.92 Å². The molecular weight excluding hydrogens is 638 g/mol. The van der Waals surface area contributed by atoms with Gasteiger partial charge in [-0.15, -0.1) is 22.7 Å². The van der Waals surface area contributed by atoms with E-state index in [0.29, 0.717) is 35.1 Å². The Hall–Kier alpha value is -2.98. The standard InChI is InChI=1S/C27H34N4O3S3.C2HF3O2/c1-4-34-13-12-31(37(32,33)25-9-6-14-35-25)24-8-5-7-20-15-23(29-26(20)24)27-28-16-22(36-27)18-30(17-19(2)3)21-10-11-21;3-2(4,5)1(6)7/h5-9,14-16,19,21,29H,4,10-13,17-18H2,1-3H3;(H,6,7). The first-order valence-electron chi connectivity index (χ1n) is 14.1. The van der Waals surface area contributed by atoms with Crippen LogP contribution in [0.5, 0.6) is 0 Å². The van der Waals surface area contributed by atoms with E-state index in [-0.39, 0.29) is 6.54 Å². The third kappa shape index (κ3) is 8.59. The van der Waals surface area contributed by atoms with Crippen molar-refractivity contribution in [2.75, 3.05) is 30.6 Å². The van der Waals surface area contributed by atoms with Crippen LogP contribution in [0.15, 0.2) is 52.2 Å². The lowest BCUT2D eigenvalue weighted by molar-refractivity contribution is -0.192. The minimum atomic E-state index is -5.08. The van der Waals surface area contributed by atoms with Crippen molar-refractivity contribution in [1.82, 2.24) is 14.9 Å². The molecule has 0 bridgehead atoms. The van der Waals surface area contributed by atoms with Crippen LogP contribution in [0.25, 0.3) is 21.6 Å². The number of rotatable bonds is 13. The molecule has 5 rings (SSSR count). The second-order valence-electron chi connectivity index (χ2n) is 10.6. The smallest absolute Gasteiger partial charge is 0.475 e. The van der Waals surface area contributed by atoms with Crippen molar-refractivity contribution in [1.29, 1.82) is 0 Å². The maximum Gasteiger partial charge on any atom is 0.490 e. The van der Waals surface area contributed by atoms with E-state index in [1.807, 2.05) is 31.3 Å². The number of ether oxygens (including phenoxy) is 1. The van der Waals surface area contributed by atoms with Gasteiger partial charge in [-0.3, -0.25) is 9.21 Å². The summed E-state index contributed by atoms with van der Waals surface area (Å²) in [7, 11) is -3.73. The Kier molecular flexibility index (Phi) is 11.1. The molecule has 0 spiro atoms. The highest BCUT2D eigenvalue weighted by atomic mass is 32.2. The number of aromatic nitrogens is 2. The van der Waals surface area contributed by atoms with Crippen molar-refractivity contribution in [2.45, 2.75) is 56.6 Å². The van der Waals surface area contributed by atoms with Crippen LogP contribution in [-0.4, -0.2) is 72.9 Å². The number of sulfonamides is 1. The van der Waals surface area contributed by atoms with E-state index in [0.717, 1.165) is 34.7 Å².